The highest BCUT2D eigenvalue weighted by atomic mass is 35.5. The van der Waals surface area contributed by atoms with Crippen LogP contribution in [0, 0.1) is 0 Å². The topological polar surface area (TPSA) is 48.3 Å². The van der Waals surface area contributed by atoms with Gasteiger partial charge < -0.3 is 9.30 Å². The van der Waals surface area contributed by atoms with Gasteiger partial charge >= 0.3 is 5.97 Å². The predicted octanol–water partition coefficient (Wildman–Crippen LogP) is 4.93. The first-order valence-electron chi connectivity index (χ1n) is 7.29. The maximum Gasteiger partial charge on any atom is 0.356 e. The molecule has 0 unspecified atom stereocenters. The highest BCUT2D eigenvalue weighted by molar-refractivity contribution is 6.43. The highest BCUT2D eigenvalue weighted by Crippen LogP contribution is 2.35. The first kappa shape index (κ1) is 16.6. The number of hydrogen-bond donors (Lipinski definition) is 0. The third-order valence-electron chi connectivity index (χ3n) is 3.65. The maximum absolute atomic E-state index is 12.5. The minimum atomic E-state index is -0.577. The molecule has 4 nitrogen and oxygen atoms in total. The monoisotopic (exact) mass is 361 g/mol. The summed E-state index contributed by atoms with van der Waals surface area (Å²) in [5.41, 5.74) is 1.72. The van der Waals surface area contributed by atoms with Crippen molar-refractivity contribution in [3.8, 4) is 5.69 Å². The minimum absolute atomic E-state index is 0.159. The molecule has 122 valence electrons. The molecule has 3 aromatic rings. The van der Waals surface area contributed by atoms with Crippen molar-refractivity contribution < 1.29 is 14.3 Å². The second-order valence-electron chi connectivity index (χ2n) is 5.06. The number of aromatic nitrogens is 1. The van der Waals surface area contributed by atoms with E-state index in [1.54, 1.807) is 23.6 Å². The lowest BCUT2D eigenvalue weighted by atomic mass is 10.1. The smallest absolute Gasteiger partial charge is 0.356 e. The first-order chi connectivity index (χ1) is 11.6. The number of aldehydes is 1. The van der Waals surface area contributed by atoms with Gasteiger partial charge in [-0.1, -0.05) is 41.4 Å². The Hall–Kier alpha value is -2.30. The van der Waals surface area contributed by atoms with Crippen LogP contribution in [-0.4, -0.2) is 23.4 Å². The zero-order valence-electron chi connectivity index (χ0n) is 12.8. The average Bonchev–Trinajstić information content (AvgIpc) is 2.89. The molecule has 0 atom stereocenters. The van der Waals surface area contributed by atoms with Crippen LogP contribution in [0.4, 0.5) is 0 Å². The molecule has 24 heavy (non-hydrogen) atoms. The molecule has 0 N–H and O–H groups in total. The number of carbonyl (C=O) groups is 2. The maximum atomic E-state index is 12.5. The Labute approximate surface area is 148 Å². The Balaban J connectivity index is 2.45. The van der Waals surface area contributed by atoms with Gasteiger partial charge in [0.25, 0.3) is 0 Å². The third-order valence-corrected chi connectivity index (χ3v) is 4.37. The van der Waals surface area contributed by atoms with E-state index in [-0.39, 0.29) is 17.9 Å². The fourth-order valence-corrected chi connectivity index (χ4v) is 2.99. The quantitative estimate of drug-likeness (QED) is 0.489. The van der Waals surface area contributed by atoms with Gasteiger partial charge in [-0.25, -0.2) is 4.79 Å². The van der Waals surface area contributed by atoms with Crippen molar-refractivity contribution >= 4 is 46.4 Å². The number of hydrogen-bond acceptors (Lipinski definition) is 3. The van der Waals surface area contributed by atoms with Crippen molar-refractivity contribution in [3.05, 3.63) is 63.8 Å². The van der Waals surface area contributed by atoms with Crippen molar-refractivity contribution in [2.45, 2.75) is 6.92 Å². The molecule has 0 spiro atoms. The number of esters is 1. The van der Waals surface area contributed by atoms with Crippen LogP contribution >= 0.6 is 23.2 Å². The van der Waals surface area contributed by atoms with Crippen LogP contribution in [0.3, 0.4) is 0 Å². The summed E-state index contributed by atoms with van der Waals surface area (Å²) in [6, 6.07) is 12.4. The van der Waals surface area contributed by atoms with Crippen LogP contribution in [-0.2, 0) is 4.74 Å². The summed E-state index contributed by atoms with van der Waals surface area (Å²) >= 11 is 12.2. The van der Waals surface area contributed by atoms with Crippen LogP contribution in [0.2, 0.25) is 10.0 Å². The second kappa shape index (κ2) is 6.67. The van der Waals surface area contributed by atoms with E-state index in [4.69, 9.17) is 27.9 Å². The van der Waals surface area contributed by atoms with Crippen LogP contribution < -0.4 is 0 Å². The zero-order valence-corrected chi connectivity index (χ0v) is 14.3. The number of carbonyl (C=O) groups excluding carboxylic acids is 2. The van der Waals surface area contributed by atoms with Crippen molar-refractivity contribution in [2.75, 3.05) is 6.61 Å². The Morgan fingerprint density at radius 1 is 1.17 bits per heavy atom. The molecule has 0 bridgehead atoms. The molecule has 1 aromatic heterocycles. The second-order valence-corrected chi connectivity index (χ2v) is 5.87. The van der Waals surface area contributed by atoms with Gasteiger partial charge in [-0.3, -0.25) is 4.79 Å². The third kappa shape index (κ3) is 2.68. The predicted molar refractivity (Wildman–Crippen MR) is 94.6 cm³/mol. The van der Waals surface area contributed by atoms with Crippen LogP contribution in [0.25, 0.3) is 16.6 Å². The van der Waals surface area contributed by atoms with E-state index >= 15 is 0 Å². The summed E-state index contributed by atoms with van der Waals surface area (Å²) in [5.74, 6) is -0.577. The van der Waals surface area contributed by atoms with Gasteiger partial charge in [0.15, 0.2) is 6.29 Å². The summed E-state index contributed by atoms with van der Waals surface area (Å²) < 4.78 is 6.80. The fourth-order valence-electron chi connectivity index (χ4n) is 2.67. The number of rotatable bonds is 4. The number of benzene rings is 2. The van der Waals surface area contributed by atoms with Gasteiger partial charge in [0, 0.05) is 11.1 Å². The van der Waals surface area contributed by atoms with Crippen LogP contribution in [0.5, 0.6) is 0 Å². The van der Waals surface area contributed by atoms with Crippen molar-refractivity contribution in [1.82, 2.24) is 4.57 Å². The SMILES string of the molecule is CCOC(=O)c1c(C=O)c2cc(Cl)c(Cl)cc2n1-c1ccccc1. The number of nitrogens with zero attached hydrogens (tertiary/aromatic N) is 1. The van der Waals surface area contributed by atoms with E-state index in [0.717, 1.165) is 5.69 Å². The lowest BCUT2D eigenvalue weighted by molar-refractivity contribution is 0.0515. The Morgan fingerprint density at radius 3 is 2.46 bits per heavy atom. The normalized spacial score (nSPS) is 10.8. The minimum Gasteiger partial charge on any atom is -0.461 e. The molecule has 0 saturated heterocycles. The van der Waals surface area contributed by atoms with E-state index in [2.05, 4.69) is 0 Å². The van der Waals surface area contributed by atoms with E-state index < -0.39 is 5.97 Å². The van der Waals surface area contributed by atoms with E-state index in [1.165, 1.54) is 0 Å². The summed E-state index contributed by atoms with van der Waals surface area (Å²) in [6.45, 7) is 1.91. The molecule has 6 heteroatoms. The fraction of sp³-hybridized carbons (Fsp3) is 0.111. The zero-order chi connectivity index (χ0) is 17.3. The molecule has 1 heterocycles. The molecule has 0 aliphatic heterocycles. The van der Waals surface area contributed by atoms with Gasteiger partial charge in [0.05, 0.1) is 27.7 Å². The molecular formula is C18H13Cl2NO3. The largest absolute Gasteiger partial charge is 0.461 e. The molecule has 0 radical (unpaired) electrons. The lowest BCUT2D eigenvalue weighted by Gasteiger charge is -2.10. The lowest BCUT2D eigenvalue weighted by Crippen LogP contribution is -2.13. The molecule has 3 rings (SSSR count). The van der Waals surface area contributed by atoms with E-state index in [9.17, 15) is 9.59 Å². The van der Waals surface area contributed by atoms with E-state index in [1.807, 2.05) is 30.3 Å². The molecule has 0 aliphatic rings. The molecular weight excluding hydrogens is 349 g/mol. The first-order valence-corrected chi connectivity index (χ1v) is 8.05. The van der Waals surface area contributed by atoms with Crippen molar-refractivity contribution in [3.63, 3.8) is 0 Å². The summed E-state index contributed by atoms with van der Waals surface area (Å²) in [4.78, 5) is 24.2. The number of fused-ring (bicyclic) bond motifs is 1. The van der Waals surface area contributed by atoms with Gasteiger partial charge in [-0.2, -0.15) is 0 Å². The summed E-state index contributed by atoms with van der Waals surface area (Å²) in [5, 5.41) is 1.20. The van der Waals surface area contributed by atoms with Crippen LogP contribution in [0.1, 0.15) is 27.8 Å². The average molecular weight is 362 g/mol. The summed E-state index contributed by atoms with van der Waals surface area (Å²) in [7, 11) is 0. The van der Waals surface area contributed by atoms with Crippen molar-refractivity contribution in [1.29, 1.82) is 0 Å². The van der Waals surface area contributed by atoms with Crippen LogP contribution in [0.15, 0.2) is 42.5 Å². The molecule has 2 aromatic carbocycles. The van der Waals surface area contributed by atoms with E-state index in [0.29, 0.717) is 27.2 Å². The van der Waals surface area contributed by atoms with Crippen molar-refractivity contribution in [2.24, 2.45) is 0 Å². The Morgan fingerprint density at radius 2 is 1.83 bits per heavy atom. The highest BCUT2D eigenvalue weighted by Gasteiger charge is 2.25. The molecule has 0 saturated carbocycles. The molecule has 0 aliphatic carbocycles. The van der Waals surface area contributed by atoms with Gasteiger partial charge in [0.2, 0.25) is 0 Å². The molecule has 0 amide bonds. The Kier molecular flexibility index (Phi) is 4.60. The van der Waals surface area contributed by atoms with Gasteiger partial charge in [-0.15, -0.1) is 0 Å². The van der Waals surface area contributed by atoms with Gasteiger partial charge in [0.1, 0.15) is 5.69 Å². The Bertz CT molecular complexity index is 933. The summed E-state index contributed by atoms with van der Waals surface area (Å²) in [6.07, 6.45) is 0.637. The number of para-hydroxylation sites is 1. The number of ether oxygens (including phenoxy) is 1. The standard InChI is InChI=1S/C18H13Cl2NO3/c1-2-24-18(23)17-13(10-22)12-8-14(19)15(20)9-16(12)21(17)11-6-4-3-5-7-11/h3-10H,2H2,1H3. The number of halogens is 2. The molecule has 0 fully saturated rings. The van der Waals surface area contributed by atoms with Gasteiger partial charge in [-0.05, 0) is 31.2 Å².